The number of carbonyl (C=O) groups is 1. The molecular weight excluding hydrogens is 238 g/mol. The summed E-state index contributed by atoms with van der Waals surface area (Å²) in [5.41, 5.74) is 0.825. The molecule has 0 aliphatic rings. The van der Waals surface area contributed by atoms with Crippen LogP contribution in [0, 0.1) is 0 Å². The van der Waals surface area contributed by atoms with E-state index in [1.165, 1.54) is 0 Å². The molecule has 4 heteroatoms. The van der Waals surface area contributed by atoms with Crippen LogP contribution in [0.25, 0.3) is 0 Å². The standard InChI is InChI=1S/C13H18ClNO2/c1-3-10(2)15-8-13(16)17-9-11-6-4-5-7-12(11)14/h4-7,10,15H,3,8-9H2,1-2H3. The fourth-order valence-corrected chi connectivity index (χ4v) is 1.42. The van der Waals surface area contributed by atoms with Crippen LogP contribution in [-0.2, 0) is 16.1 Å². The van der Waals surface area contributed by atoms with Crippen LogP contribution in [-0.4, -0.2) is 18.6 Å². The zero-order chi connectivity index (χ0) is 12.7. The first-order valence-electron chi connectivity index (χ1n) is 5.76. The summed E-state index contributed by atoms with van der Waals surface area (Å²) < 4.78 is 5.12. The number of esters is 1. The first-order chi connectivity index (χ1) is 8.13. The van der Waals surface area contributed by atoms with Gasteiger partial charge in [0.25, 0.3) is 0 Å². The van der Waals surface area contributed by atoms with E-state index in [4.69, 9.17) is 16.3 Å². The second kappa shape index (κ2) is 7.30. The molecule has 1 rings (SSSR count). The Morgan fingerprint density at radius 3 is 2.82 bits per heavy atom. The normalized spacial score (nSPS) is 12.2. The van der Waals surface area contributed by atoms with Gasteiger partial charge in [0.15, 0.2) is 0 Å². The van der Waals surface area contributed by atoms with Crippen molar-refractivity contribution in [2.45, 2.75) is 32.9 Å². The van der Waals surface area contributed by atoms with Gasteiger partial charge in [0.2, 0.25) is 0 Å². The van der Waals surface area contributed by atoms with Gasteiger partial charge in [-0.05, 0) is 19.4 Å². The minimum Gasteiger partial charge on any atom is -0.460 e. The van der Waals surface area contributed by atoms with Crippen molar-refractivity contribution in [1.29, 1.82) is 0 Å². The van der Waals surface area contributed by atoms with Crippen molar-refractivity contribution < 1.29 is 9.53 Å². The lowest BCUT2D eigenvalue weighted by Gasteiger charge is -2.11. The number of hydrogen-bond donors (Lipinski definition) is 1. The second-order valence-corrected chi connectivity index (χ2v) is 4.35. The molecule has 3 nitrogen and oxygen atoms in total. The highest BCUT2D eigenvalue weighted by molar-refractivity contribution is 6.31. The highest BCUT2D eigenvalue weighted by atomic mass is 35.5. The van der Waals surface area contributed by atoms with E-state index in [1.807, 2.05) is 25.1 Å². The van der Waals surface area contributed by atoms with E-state index in [0.29, 0.717) is 11.1 Å². The zero-order valence-corrected chi connectivity index (χ0v) is 11.0. The number of ether oxygens (including phenoxy) is 1. The Labute approximate surface area is 107 Å². The molecule has 1 unspecified atom stereocenters. The van der Waals surface area contributed by atoms with Gasteiger partial charge in [-0.25, -0.2) is 0 Å². The van der Waals surface area contributed by atoms with E-state index in [-0.39, 0.29) is 19.1 Å². The van der Waals surface area contributed by atoms with Crippen LogP contribution < -0.4 is 5.32 Å². The topological polar surface area (TPSA) is 38.3 Å². The SMILES string of the molecule is CCC(C)NCC(=O)OCc1ccccc1Cl. The van der Waals surface area contributed by atoms with Gasteiger partial charge in [0.05, 0.1) is 6.54 Å². The summed E-state index contributed by atoms with van der Waals surface area (Å²) in [6.45, 7) is 4.55. The van der Waals surface area contributed by atoms with Crippen molar-refractivity contribution in [1.82, 2.24) is 5.32 Å². The number of rotatable bonds is 6. The Morgan fingerprint density at radius 2 is 2.18 bits per heavy atom. The zero-order valence-electron chi connectivity index (χ0n) is 10.2. The van der Waals surface area contributed by atoms with Crippen LogP contribution in [0.4, 0.5) is 0 Å². The fraction of sp³-hybridized carbons (Fsp3) is 0.462. The molecule has 0 radical (unpaired) electrons. The molecule has 1 aromatic rings. The highest BCUT2D eigenvalue weighted by Gasteiger charge is 2.06. The van der Waals surface area contributed by atoms with Gasteiger partial charge in [-0.3, -0.25) is 4.79 Å². The van der Waals surface area contributed by atoms with E-state index >= 15 is 0 Å². The molecule has 0 amide bonds. The van der Waals surface area contributed by atoms with Crippen molar-refractivity contribution in [3.8, 4) is 0 Å². The van der Waals surface area contributed by atoms with Crippen molar-refractivity contribution in [2.24, 2.45) is 0 Å². The molecule has 0 aromatic heterocycles. The van der Waals surface area contributed by atoms with Crippen molar-refractivity contribution in [3.05, 3.63) is 34.9 Å². The molecule has 0 aliphatic heterocycles. The monoisotopic (exact) mass is 255 g/mol. The molecule has 0 saturated carbocycles. The number of hydrogen-bond acceptors (Lipinski definition) is 3. The first kappa shape index (κ1) is 14.0. The summed E-state index contributed by atoms with van der Waals surface area (Å²) in [5, 5.41) is 3.70. The molecule has 17 heavy (non-hydrogen) atoms. The van der Waals surface area contributed by atoms with E-state index in [1.54, 1.807) is 6.07 Å². The van der Waals surface area contributed by atoms with Crippen molar-refractivity contribution >= 4 is 17.6 Å². The van der Waals surface area contributed by atoms with Crippen LogP contribution in [0.15, 0.2) is 24.3 Å². The molecule has 0 heterocycles. The molecule has 1 N–H and O–H groups in total. The predicted molar refractivity (Wildman–Crippen MR) is 69.0 cm³/mol. The Morgan fingerprint density at radius 1 is 1.47 bits per heavy atom. The summed E-state index contributed by atoms with van der Waals surface area (Å²) in [5.74, 6) is -0.259. The van der Waals surface area contributed by atoms with Gasteiger partial charge in [-0.2, -0.15) is 0 Å². The fourth-order valence-electron chi connectivity index (χ4n) is 1.23. The summed E-state index contributed by atoms with van der Waals surface area (Å²) >= 11 is 5.95. The molecule has 94 valence electrons. The Kier molecular flexibility index (Phi) is 6.01. The summed E-state index contributed by atoms with van der Waals surface area (Å²) in [6.07, 6.45) is 0.984. The average Bonchev–Trinajstić information content (AvgIpc) is 2.35. The quantitative estimate of drug-likeness (QED) is 0.795. The lowest BCUT2D eigenvalue weighted by atomic mass is 10.2. The summed E-state index contributed by atoms with van der Waals surface area (Å²) in [7, 11) is 0. The van der Waals surface area contributed by atoms with Crippen LogP contribution in [0.2, 0.25) is 5.02 Å². The van der Waals surface area contributed by atoms with Gasteiger partial charge in [0, 0.05) is 16.6 Å². The van der Waals surface area contributed by atoms with Crippen LogP contribution in [0.1, 0.15) is 25.8 Å². The summed E-state index contributed by atoms with van der Waals surface area (Å²) in [6, 6.07) is 7.66. The molecule has 0 bridgehead atoms. The lowest BCUT2D eigenvalue weighted by Crippen LogP contribution is -2.31. The van der Waals surface area contributed by atoms with E-state index in [9.17, 15) is 4.79 Å². The largest absolute Gasteiger partial charge is 0.460 e. The molecule has 0 saturated heterocycles. The minimum absolute atomic E-state index is 0.223. The third-order valence-corrected chi connectivity index (χ3v) is 2.92. The third-order valence-electron chi connectivity index (χ3n) is 2.55. The van der Waals surface area contributed by atoms with Gasteiger partial charge >= 0.3 is 5.97 Å². The highest BCUT2D eigenvalue weighted by Crippen LogP contribution is 2.15. The molecule has 1 atom stereocenters. The maximum Gasteiger partial charge on any atom is 0.320 e. The van der Waals surface area contributed by atoms with E-state index in [2.05, 4.69) is 12.2 Å². The second-order valence-electron chi connectivity index (χ2n) is 3.94. The van der Waals surface area contributed by atoms with Crippen LogP contribution >= 0.6 is 11.6 Å². The number of carbonyl (C=O) groups excluding carboxylic acids is 1. The average molecular weight is 256 g/mol. The minimum atomic E-state index is -0.259. The molecule has 1 aromatic carbocycles. The molecular formula is C13H18ClNO2. The van der Waals surface area contributed by atoms with Gasteiger partial charge in [-0.15, -0.1) is 0 Å². The lowest BCUT2D eigenvalue weighted by molar-refractivity contribution is -0.143. The predicted octanol–water partition coefficient (Wildman–Crippen LogP) is 2.77. The molecule has 0 fully saturated rings. The molecule has 0 aliphatic carbocycles. The molecule has 0 spiro atoms. The smallest absolute Gasteiger partial charge is 0.320 e. The third kappa shape index (κ3) is 5.20. The van der Waals surface area contributed by atoms with Gasteiger partial charge in [0.1, 0.15) is 6.61 Å². The number of benzene rings is 1. The number of halogens is 1. The van der Waals surface area contributed by atoms with Gasteiger partial charge in [-0.1, -0.05) is 36.7 Å². The van der Waals surface area contributed by atoms with Gasteiger partial charge < -0.3 is 10.1 Å². The van der Waals surface area contributed by atoms with E-state index < -0.39 is 0 Å². The van der Waals surface area contributed by atoms with Crippen LogP contribution in [0.5, 0.6) is 0 Å². The van der Waals surface area contributed by atoms with Crippen molar-refractivity contribution in [2.75, 3.05) is 6.54 Å². The number of nitrogens with one attached hydrogen (secondary N) is 1. The maximum absolute atomic E-state index is 11.4. The van der Waals surface area contributed by atoms with E-state index in [0.717, 1.165) is 12.0 Å². The Bertz CT molecular complexity index is 368. The Balaban J connectivity index is 2.31. The summed E-state index contributed by atoms with van der Waals surface area (Å²) in [4.78, 5) is 11.4. The first-order valence-corrected chi connectivity index (χ1v) is 6.13. The van der Waals surface area contributed by atoms with Crippen LogP contribution in [0.3, 0.4) is 0 Å². The maximum atomic E-state index is 11.4. The van der Waals surface area contributed by atoms with Crippen molar-refractivity contribution in [3.63, 3.8) is 0 Å². The Hall–Kier alpha value is -1.06.